The highest BCUT2D eigenvalue weighted by atomic mass is 35.5. The first-order valence-corrected chi connectivity index (χ1v) is 7.99. The number of amides is 1. The lowest BCUT2D eigenvalue weighted by Crippen LogP contribution is -2.45. The lowest BCUT2D eigenvalue weighted by atomic mass is 9.98. The molecule has 1 amide bonds. The number of halogens is 1. The molecule has 2 aromatic carbocycles. The van der Waals surface area contributed by atoms with Crippen LogP contribution in [0.15, 0.2) is 36.4 Å². The summed E-state index contributed by atoms with van der Waals surface area (Å²) in [7, 11) is 0. The molecule has 0 bridgehead atoms. The number of aliphatic carboxylic acids is 1. The molecule has 2 aromatic rings. The monoisotopic (exact) mass is 349 g/mol. The van der Waals surface area contributed by atoms with Crippen LogP contribution in [-0.2, 0) is 9.59 Å². The summed E-state index contributed by atoms with van der Waals surface area (Å²) in [6.45, 7) is 3.42. The molecule has 0 aliphatic heterocycles. The summed E-state index contributed by atoms with van der Waals surface area (Å²) in [6, 6.07) is 11.0. The normalized spacial score (nSPS) is 11.3. The summed E-state index contributed by atoms with van der Waals surface area (Å²) >= 11 is 6.16. The smallest absolute Gasteiger partial charge is 0.303 e. The summed E-state index contributed by atoms with van der Waals surface area (Å²) in [5.74, 6) is -0.612. The zero-order chi connectivity index (χ0) is 17.7. The van der Waals surface area contributed by atoms with E-state index in [-0.39, 0.29) is 18.9 Å². The third kappa shape index (κ3) is 4.86. The number of ether oxygens (including phenoxy) is 1. The Morgan fingerprint density at radius 2 is 1.83 bits per heavy atom. The average Bonchev–Trinajstić information content (AvgIpc) is 2.52. The molecule has 0 saturated heterocycles. The summed E-state index contributed by atoms with van der Waals surface area (Å²) in [6.07, 6.45) is 0.341. The summed E-state index contributed by atoms with van der Waals surface area (Å²) in [4.78, 5) is 22.7. The van der Waals surface area contributed by atoms with Gasteiger partial charge < -0.3 is 15.2 Å². The number of carboxylic acids is 1. The minimum Gasteiger partial charge on any atom is -0.483 e. The molecule has 0 atom stereocenters. The van der Waals surface area contributed by atoms with Gasteiger partial charge in [-0.05, 0) is 32.4 Å². The van der Waals surface area contributed by atoms with Gasteiger partial charge in [-0.1, -0.05) is 35.9 Å². The lowest BCUT2D eigenvalue weighted by molar-refractivity contribution is -0.138. The molecule has 6 heteroatoms. The largest absolute Gasteiger partial charge is 0.483 e. The summed E-state index contributed by atoms with van der Waals surface area (Å²) < 4.78 is 5.62. The van der Waals surface area contributed by atoms with Crippen molar-refractivity contribution in [3.63, 3.8) is 0 Å². The molecule has 0 heterocycles. The van der Waals surface area contributed by atoms with Crippen molar-refractivity contribution >= 4 is 34.2 Å². The number of benzene rings is 2. The van der Waals surface area contributed by atoms with Gasteiger partial charge in [-0.25, -0.2) is 0 Å². The molecular weight excluding hydrogens is 330 g/mol. The Morgan fingerprint density at radius 1 is 1.17 bits per heavy atom. The topological polar surface area (TPSA) is 75.6 Å². The number of carbonyl (C=O) groups is 2. The summed E-state index contributed by atoms with van der Waals surface area (Å²) in [5.41, 5.74) is -0.610. The van der Waals surface area contributed by atoms with Crippen LogP contribution in [-0.4, -0.2) is 29.1 Å². The van der Waals surface area contributed by atoms with Crippen molar-refractivity contribution in [2.75, 3.05) is 6.61 Å². The van der Waals surface area contributed by atoms with Crippen molar-refractivity contribution in [2.45, 2.75) is 32.2 Å². The van der Waals surface area contributed by atoms with Gasteiger partial charge in [0.25, 0.3) is 5.91 Å². The molecule has 2 N–H and O–H groups in total. The molecule has 5 nitrogen and oxygen atoms in total. The van der Waals surface area contributed by atoms with Gasteiger partial charge in [-0.2, -0.15) is 0 Å². The number of carboxylic acid groups (broad SMARTS) is 1. The van der Waals surface area contributed by atoms with Crippen LogP contribution < -0.4 is 10.1 Å². The van der Waals surface area contributed by atoms with Crippen LogP contribution in [0.5, 0.6) is 5.75 Å². The number of hydrogen-bond donors (Lipinski definition) is 2. The predicted octanol–water partition coefficient (Wildman–Crippen LogP) is 3.63. The van der Waals surface area contributed by atoms with Crippen molar-refractivity contribution in [1.29, 1.82) is 0 Å². The molecular formula is C18H20ClNO4. The van der Waals surface area contributed by atoms with E-state index in [1.165, 1.54) is 0 Å². The van der Waals surface area contributed by atoms with E-state index in [4.69, 9.17) is 21.4 Å². The molecule has 2 rings (SSSR count). The fourth-order valence-electron chi connectivity index (χ4n) is 2.40. The maximum Gasteiger partial charge on any atom is 0.303 e. The van der Waals surface area contributed by atoms with Gasteiger partial charge in [-0.15, -0.1) is 0 Å². The third-order valence-electron chi connectivity index (χ3n) is 3.63. The van der Waals surface area contributed by atoms with Crippen LogP contribution in [0.3, 0.4) is 0 Å². The molecule has 0 aliphatic carbocycles. The zero-order valence-corrected chi connectivity index (χ0v) is 14.4. The van der Waals surface area contributed by atoms with E-state index in [1.54, 1.807) is 26.0 Å². The number of fused-ring (bicyclic) bond motifs is 1. The second-order valence-corrected chi connectivity index (χ2v) is 6.61. The third-order valence-corrected chi connectivity index (χ3v) is 3.96. The second kappa shape index (κ2) is 7.53. The number of hydrogen-bond acceptors (Lipinski definition) is 3. The van der Waals surface area contributed by atoms with E-state index in [2.05, 4.69) is 5.32 Å². The Labute approximate surface area is 145 Å². The molecule has 0 saturated carbocycles. The number of rotatable bonds is 7. The van der Waals surface area contributed by atoms with Gasteiger partial charge in [0.05, 0.1) is 0 Å². The van der Waals surface area contributed by atoms with Crippen molar-refractivity contribution in [1.82, 2.24) is 5.32 Å². The van der Waals surface area contributed by atoms with Crippen molar-refractivity contribution in [2.24, 2.45) is 0 Å². The van der Waals surface area contributed by atoms with E-state index >= 15 is 0 Å². The van der Waals surface area contributed by atoms with Gasteiger partial charge in [0.1, 0.15) is 5.75 Å². The van der Waals surface area contributed by atoms with Gasteiger partial charge in [0, 0.05) is 27.8 Å². The maximum atomic E-state index is 12.1. The number of carbonyl (C=O) groups excluding carboxylic acids is 1. The van der Waals surface area contributed by atoms with Crippen LogP contribution in [0.2, 0.25) is 5.02 Å². The van der Waals surface area contributed by atoms with Gasteiger partial charge in [-0.3, -0.25) is 9.59 Å². The van der Waals surface area contributed by atoms with Gasteiger partial charge >= 0.3 is 5.97 Å². The minimum absolute atomic E-state index is 0.00401. The molecule has 0 radical (unpaired) electrons. The van der Waals surface area contributed by atoms with Gasteiger partial charge in [0.15, 0.2) is 6.61 Å². The van der Waals surface area contributed by atoms with Crippen LogP contribution >= 0.6 is 11.6 Å². The fourth-order valence-corrected chi connectivity index (χ4v) is 2.63. The highest BCUT2D eigenvalue weighted by Gasteiger charge is 2.21. The van der Waals surface area contributed by atoms with Crippen LogP contribution in [0.1, 0.15) is 26.7 Å². The van der Waals surface area contributed by atoms with Crippen LogP contribution in [0, 0.1) is 0 Å². The standard InChI is InChI=1S/C18H20ClNO4/c1-18(2,10-9-17(22)23)20-16(21)11-24-15-8-7-14(19)12-5-3-4-6-13(12)15/h3-8H,9-11H2,1-2H3,(H,20,21)(H,22,23). The van der Waals surface area contributed by atoms with E-state index in [1.807, 2.05) is 24.3 Å². The van der Waals surface area contributed by atoms with E-state index < -0.39 is 11.5 Å². The van der Waals surface area contributed by atoms with Gasteiger partial charge in [0.2, 0.25) is 0 Å². The molecule has 0 aromatic heterocycles. The molecule has 128 valence electrons. The van der Waals surface area contributed by atoms with E-state index in [0.29, 0.717) is 17.2 Å². The molecule has 24 heavy (non-hydrogen) atoms. The zero-order valence-electron chi connectivity index (χ0n) is 13.6. The van der Waals surface area contributed by atoms with Crippen molar-refractivity contribution < 1.29 is 19.4 Å². The molecule has 0 aliphatic rings. The first-order chi connectivity index (χ1) is 11.3. The predicted molar refractivity (Wildman–Crippen MR) is 93.5 cm³/mol. The van der Waals surface area contributed by atoms with Crippen molar-refractivity contribution in [3.05, 3.63) is 41.4 Å². The second-order valence-electron chi connectivity index (χ2n) is 6.21. The Hall–Kier alpha value is -2.27. The van der Waals surface area contributed by atoms with Crippen LogP contribution in [0.4, 0.5) is 0 Å². The Balaban J connectivity index is 2.00. The molecule has 0 fully saturated rings. The Kier molecular flexibility index (Phi) is 5.67. The SMILES string of the molecule is CC(C)(CCC(=O)O)NC(=O)COc1ccc(Cl)c2ccccc12. The fraction of sp³-hybridized carbons (Fsp3) is 0.333. The van der Waals surface area contributed by atoms with Crippen molar-refractivity contribution in [3.8, 4) is 5.75 Å². The lowest BCUT2D eigenvalue weighted by Gasteiger charge is -2.25. The average molecular weight is 350 g/mol. The summed E-state index contributed by atoms with van der Waals surface area (Å²) in [5, 5.41) is 13.8. The Bertz CT molecular complexity index is 758. The van der Waals surface area contributed by atoms with E-state index in [9.17, 15) is 9.59 Å². The quantitative estimate of drug-likeness (QED) is 0.800. The highest BCUT2D eigenvalue weighted by Crippen LogP contribution is 2.31. The maximum absolute atomic E-state index is 12.1. The van der Waals surface area contributed by atoms with Crippen LogP contribution in [0.25, 0.3) is 10.8 Å². The first kappa shape index (κ1) is 18.1. The van der Waals surface area contributed by atoms with E-state index in [0.717, 1.165) is 10.8 Å². The highest BCUT2D eigenvalue weighted by molar-refractivity contribution is 6.35. The molecule has 0 spiro atoms. The Morgan fingerprint density at radius 3 is 2.50 bits per heavy atom. The first-order valence-electron chi connectivity index (χ1n) is 7.61. The molecule has 0 unspecified atom stereocenters. The number of nitrogens with one attached hydrogen (secondary N) is 1. The minimum atomic E-state index is -0.888.